The number of pyridine rings is 1. The molecule has 16 heavy (non-hydrogen) atoms. The third kappa shape index (κ3) is 2.00. The molecule has 0 spiro atoms. The van der Waals surface area contributed by atoms with Crippen molar-refractivity contribution in [3.8, 4) is 11.5 Å². The van der Waals surface area contributed by atoms with E-state index >= 15 is 0 Å². The summed E-state index contributed by atoms with van der Waals surface area (Å²) in [6.07, 6.45) is 1.46. The first kappa shape index (κ1) is 10.5. The second kappa shape index (κ2) is 4.25. The summed E-state index contributed by atoms with van der Waals surface area (Å²) in [5.41, 5.74) is 5.89. The van der Waals surface area contributed by atoms with Gasteiger partial charge in [0.15, 0.2) is 5.82 Å². The number of aliphatic hydroxyl groups is 1. The van der Waals surface area contributed by atoms with Gasteiger partial charge in [0.1, 0.15) is 0 Å². The van der Waals surface area contributed by atoms with Crippen molar-refractivity contribution < 1.29 is 9.63 Å². The highest BCUT2D eigenvalue weighted by molar-refractivity contribution is 5.50. The number of hydrogen-bond donors (Lipinski definition) is 3. The van der Waals surface area contributed by atoms with Gasteiger partial charge in [-0.05, 0) is 6.07 Å². The maximum Gasteiger partial charge on any atom is 0.259 e. The van der Waals surface area contributed by atoms with E-state index in [-0.39, 0.29) is 23.9 Å². The number of H-pyrrole nitrogens is 1. The number of hydrogen-bond acceptors (Lipinski definition) is 6. The highest BCUT2D eigenvalue weighted by Gasteiger charge is 2.14. The van der Waals surface area contributed by atoms with Crippen molar-refractivity contribution in [1.82, 2.24) is 15.1 Å². The molecule has 0 aliphatic heterocycles. The van der Waals surface area contributed by atoms with Crippen LogP contribution in [0.25, 0.3) is 11.5 Å². The molecule has 0 aliphatic rings. The van der Waals surface area contributed by atoms with E-state index < -0.39 is 6.04 Å². The topological polar surface area (TPSA) is 118 Å². The Hall–Kier alpha value is -1.99. The second-order valence-electron chi connectivity index (χ2n) is 3.19. The van der Waals surface area contributed by atoms with Gasteiger partial charge >= 0.3 is 0 Å². The van der Waals surface area contributed by atoms with Crippen molar-refractivity contribution in [2.45, 2.75) is 6.04 Å². The molecule has 1 unspecified atom stereocenters. The number of aliphatic hydroxyl groups excluding tert-OH is 1. The van der Waals surface area contributed by atoms with Gasteiger partial charge in [0.05, 0.1) is 18.2 Å². The fraction of sp³-hybridized carbons (Fsp3) is 0.222. The molecule has 2 aromatic heterocycles. The molecule has 0 aromatic carbocycles. The van der Waals surface area contributed by atoms with E-state index in [0.29, 0.717) is 5.56 Å². The Kier molecular flexibility index (Phi) is 2.80. The van der Waals surface area contributed by atoms with Crippen LogP contribution in [0, 0.1) is 0 Å². The zero-order valence-corrected chi connectivity index (χ0v) is 8.25. The predicted octanol–water partition coefficient (Wildman–Crippen LogP) is -0.583. The molecule has 2 rings (SSSR count). The monoisotopic (exact) mass is 222 g/mol. The van der Waals surface area contributed by atoms with Crippen LogP contribution in [-0.2, 0) is 0 Å². The largest absolute Gasteiger partial charge is 0.394 e. The third-order valence-corrected chi connectivity index (χ3v) is 2.00. The average Bonchev–Trinajstić information content (AvgIpc) is 2.78. The first-order chi connectivity index (χ1) is 7.70. The van der Waals surface area contributed by atoms with Gasteiger partial charge in [0.2, 0.25) is 5.56 Å². The first-order valence-electron chi connectivity index (χ1n) is 4.60. The summed E-state index contributed by atoms with van der Waals surface area (Å²) >= 11 is 0. The smallest absolute Gasteiger partial charge is 0.259 e. The van der Waals surface area contributed by atoms with E-state index in [1.807, 2.05) is 0 Å². The molecular weight excluding hydrogens is 212 g/mol. The molecule has 7 nitrogen and oxygen atoms in total. The van der Waals surface area contributed by atoms with Gasteiger partial charge in [0, 0.05) is 12.3 Å². The lowest BCUT2D eigenvalue weighted by molar-refractivity contribution is 0.260. The lowest BCUT2D eigenvalue weighted by Gasteiger charge is -1.98. The van der Waals surface area contributed by atoms with Gasteiger partial charge in [-0.2, -0.15) is 4.98 Å². The molecule has 0 aliphatic carbocycles. The highest BCUT2D eigenvalue weighted by Crippen LogP contribution is 2.16. The molecule has 7 heteroatoms. The van der Waals surface area contributed by atoms with Crippen molar-refractivity contribution in [3.63, 3.8) is 0 Å². The maximum absolute atomic E-state index is 10.8. The van der Waals surface area contributed by atoms with E-state index in [1.165, 1.54) is 12.3 Å². The number of nitrogens with two attached hydrogens (primary N) is 1. The third-order valence-electron chi connectivity index (χ3n) is 2.00. The van der Waals surface area contributed by atoms with Crippen molar-refractivity contribution >= 4 is 0 Å². The van der Waals surface area contributed by atoms with E-state index in [1.54, 1.807) is 6.07 Å². The highest BCUT2D eigenvalue weighted by atomic mass is 16.5. The van der Waals surface area contributed by atoms with Gasteiger partial charge in [-0.1, -0.05) is 5.16 Å². The summed E-state index contributed by atoms with van der Waals surface area (Å²) < 4.78 is 4.94. The van der Waals surface area contributed by atoms with E-state index in [4.69, 9.17) is 15.4 Å². The van der Waals surface area contributed by atoms with E-state index in [2.05, 4.69) is 15.1 Å². The van der Waals surface area contributed by atoms with Gasteiger partial charge in [-0.15, -0.1) is 0 Å². The Bertz CT molecular complexity index is 513. The van der Waals surface area contributed by atoms with Crippen molar-refractivity contribution in [2.75, 3.05) is 6.61 Å². The summed E-state index contributed by atoms with van der Waals surface area (Å²) in [6.45, 7) is -0.259. The van der Waals surface area contributed by atoms with E-state index in [9.17, 15) is 4.79 Å². The zero-order chi connectivity index (χ0) is 11.5. The molecule has 2 heterocycles. The van der Waals surface area contributed by atoms with Crippen LogP contribution in [0.5, 0.6) is 0 Å². The standard InChI is InChI=1S/C9H10N4O3/c10-6(4-14)8-12-9(16-13-8)5-1-2-7(15)11-3-5/h1-3,6,14H,4,10H2,(H,11,15). The Balaban J connectivity index is 2.31. The lowest BCUT2D eigenvalue weighted by atomic mass is 10.3. The Morgan fingerprint density at radius 3 is 3.00 bits per heavy atom. The first-order valence-corrected chi connectivity index (χ1v) is 4.60. The number of rotatable bonds is 3. The fourth-order valence-electron chi connectivity index (χ4n) is 1.13. The minimum absolute atomic E-state index is 0.212. The lowest BCUT2D eigenvalue weighted by Crippen LogP contribution is -2.15. The normalized spacial score (nSPS) is 12.6. The van der Waals surface area contributed by atoms with E-state index in [0.717, 1.165) is 0 Å². The molecule has 0 saturated carbocycles. The molecule has 1 atom stereocenters. The number of nitrogens with one attached hydrogen (secondary N) is 1. The fourth-order valence-corrected chi connectivity index (χ4v) is 1.13. The van der Waals surface area contributed by atoms with Crippen LogP contribution in [0.3, 0.4) is 0 Å². The average molecular weight is 222 g/mol. The summed E-state index contributed by atoms with van der Waals surface area (Å²) in [5.74, 6) is 0.471. The Labute approximate surface area is 89.9 Å². The van der Waals surface area contributed by atoms with Gasteiger partial charge in [0.25, 0.3) is 5.89 Å². The molecule has 0 amide bonds. The Morgan fingerprint density at radius 2 is 2.38 bits per heavy atom. The summed E-state index contributed by atoms with van der Waals surface area (Å²) in [5, 5.41) is 12.4. The molecule has 0 fully saturated rings. The van der Waals surface area contributed by atoms with Crippen molar-refractivity contribution in [1.29, 1.82) is 0 Å². The molecule has 4 N–H and O–H groups in total. The molecule has 84 valence electrons. The van der Waals surface area contributed by atoms with Crippen LogP contribution < -0.4 is 11.3 Å². The maximum atomic E-state index is 10.8. The number of aromatic amines is 1. The zero-order valence-electron chi connectivity index (χ0n) is 8.25. The summed E-state index contributed by atoms with van der Waals surface area (Å²) in [7, 11) is 0. The SMILES string of the molecule is NC(CO)c1noc(-c2ccc(=O)[nH]c2)n1. The minimum Gasteiger partial charge on any atom is -0.394 e. The molecular formula is C9H10N4O3. The van der Waals surface area contributed by atoms with Gasteiger partial charge < -0.3 is 20.3 Å². The van der Waals surface area contributed by atoms with Crippen LogP contribution >= 0.6 is 0 Å². The van der Waals surface area contributed by atoms with Crippen LogP contribution in [0.15, 0.2) is 27.6 Å². The van der Waals surface area contributed by atoms with Crippen LogP contribution in [0.4, 0.5) is 0 Å². The van der Waals surface area contributed by atoms with Crippen LogP contribution in [0.2, 0.25) is 0 Å². The minimum atomic E-state index is -0.666. The number of nitrogens with zero attached hydrogens (tertiary/aromatic N) is 2. The molecule has 2 aromatic rings. The van der Waals surface area contributed by atoms with Gasteiger partial charge in [-0.25, -0.2) is 0 Å². The summed E-state index contributed by atoms with van der Waals surface area (Å²) in [6, 6.07) is 2.24. The molecule has 0 saturated heterocycles. The van der Waals surface area contributed by atoms with Gasteiger partial charge in [-0.3, -0.25) is 4.79 Å². The van der Waals surface area contributed by atoms with Crippen LogP contribution in [-0.4, -0.2) is 26.8 Å². The summed E-state index contributed by atoms with van der Waals surface area (Å²) in [4.78, 5) is 17.3. The van der Waals surface area contributed by atoms with Crippen molar-refractivity contribution in [2.24, 2.45) is 5.73 Å². The second-order valence-corrected chi connectivity index (χ2v) is 3.19. The Morgan fingerprint density at radius 1 is 1.56 bits per heavy atom. The predicted molar refractivity (Wildman–Crippen MR) is 54.4 cm³/mol. The molecule has 0 bridgehead atoms. The van der Waals surface area contributed by atoms with Crippen LogP contribution in [0.1, 0.15) is 11.9 Å². The quantitative estimate of drug-likeness (QED) is 0.639. The number of aromatic nitrogens is 3. The van der Waals surface area contributed by atoms with Crippen molar-refractivity contribution in [3.05, 3.63) is 34.5 Å². The molecule has 0 radical (unpaired) electrons.